The van der Waals surface area contributed by atoms with Gasteiger partial charge in [0.25, 0.3) is 0 Å². The Morgan fingerprint density at radius 2 is 2.09 bits per heavy atom. The number of para-hydroxylation sites is 2. The van der Waals surface area contributed by atoms with Gasteiger partial charge in [0, 0.05) is 25.4 Å². The van der Waals surface area contributed by atoms with Crippen molar-refractivity contribution in [3.63, 3.8) is 0 Å². The van der Waals surface area contributed by atoms with Crippen molar-refractivity contribution in [2.75, 3.05) is 13.1 Å². The second kappa shape index (κ2) is 5.27. The standard InChI is InChI=1S/C18H21N3O/c1-2-3-8-17(22)20-11-14(12-20)21-16-7-5-4-6-15(16)19-18(21)13-9-10-13/h2,4-7,13-14H,1,3,8-12H2. The number of hydrogen-bond acceptors (Lipinski definition) is 2. The van der Waals surface area contributed by atoms with E-state index >= 15 is 0 Å². The van der Waals surface area contributed by atoms with Crippen LogP contribution in [0.1, 0.15) is 43.5 Å². The molecule has 1 aromatic carbocycles. The molecular weight excluding hydrogens is 274 g/mol. The molecule has 2 aromatic rings. The van der Waals surface area contributed by atoms with Crippen molar-refractivity contribution >= 4 is 16.9 Å². The lowest BCUT2D eigenvalue weighted by Gasteiger charge is -2.41. The van der Waals surface area contributed by atoms with Crippen LogP contribution in [0.15, 0.2) is 36.9 Å². The third kappa shape index (κ3) is 2.23. The second-order valence-electron chi connectivity index (χ2n) is 6.38. The Hall–Kier alpha value is -2.10. The number of amides is 1. The van der Waals surface area contributed by atoms with Gasteiger partial charge in [-0.15, -0.1) is 6.58 Å². The van der Waals surface area contributed by atoms with Crippen LogP contribution in [0.4, 0.5) is 0 Å². The predicted octanol–water partition coefficient (Wildman–Crippen LogP) is 3.26. The van der Waals surface area contributed by atoms with E-state index in [0.717, 1.165) is 25.0 Å². The van der Waals surface area contributed by atoms with E-state index in [1.165, 1.54) is 24.2 Å². The highest BCUT2D eigenvalue weighted by Gasteiger charge is 2.37. The number of carbonyl (C=O) groups excluding carboxylic acids is 1. The van der Waals surface area contributed by atoms with Crippen LogP contribution in [0, 0.1) is 0 Å². The van der Waals surface area contributed by atoms with Crippen LogP contribution in [-0.2, 0) is 4.79 Å². The van der Waals surface area contributed by atoms with E-state index < -0.39 is 0 Å². The molecule has 0 N–H and O–H groups in total. The van der Waals surface area contributed by atoms with Gasteiger partial charge in [-0.1, -0.05) is 18.2 Å². The first-order valence-electron chi connectivity index (χ1n) is 8.13. The van der Waals surface area contributed by atoms with Crippen LogP contribution in [-0.4, -0.2) is 33.4 Å². The summed E-state index contributed by atoms with van der Waals surface area (Å²) in [5.41, 5.74) is 2.30. The molecule has 2 aliphatic rings. The first kappa shape index (κ1) is 13.6. The summed E-state index contributed by atoms with van der Waals surface area (Å²) >= 11 is 0. The van der Waals surface area contributed by atoms with Crippen molar-refractivity contribution in [1.82, 2.24) is 14.5 Å². The minimum absolute atomic E-state index is 0.244. The fourth-order valence-corrected chi connectivity index (χ4v) is 3.28. The number of fused-ring (bicyclic) bond motifs is 1. The number of nitrogens with zero attached hydrogens (tertiary/aromatic N) is 3. The highest BCUT2D eigenvalue weighted by atomic mass is 16.2. The molecule has 0 spiro atoms. The molecule has 2 fully saturated rings. The summed E-state index contributed by atoms with van der Waals surface area (Å²) in [6.07, 6.45) is 5.65. The first-order chi connectivity index (χ1) is 10.8. The Morgan fingerprint density at radius 3 is 2.82 bits per heavy atom. The zero-order valence-electron chi connectivity index (χ0n) is 12.7. The van der Waals surface area contributed by atoms with Gasteiger partial charge >= 0.3 is 0 Å². The summed E-state index contributed by atoms with van der Waals surface area (Å²) in [6.45, 7) is 5.31. The molecule has 4 heteroatoms. The molecule has 114 valence electrons. The van der Waals surface area contributed by atoms with Crippen LogP contribution in [0.3, 0.4) is 0 Å². The molecular formula is C18H21N3O. The quantitative estimate of drug-likeness (QED) is 0.794. The molecule has 0 bridgehead atoms. The Morgan fingerprint density at radius 1 is 1.32 bits per heavy atom. The van der Waals surface area contributed by atoms with Crippen molar-refractivity contribution in [1.29, 1.82) is 0 Å². The minimum Gasteiger partial charge on any atom is -0.338 e. The van der Waals surface area contributed by atoms with Crippen molar-refractivity contribution in [3.05, 3.63) is 42.7 Å². The second-order valence-corrected chi connectivity index (χ2v) is 6.38. The lowest BCUT2D eigenvalue weighted by atomic mass is 10.1. The van der Waals surface area contributed by atoms with E-state index in [1.54, 1.807) is 0 Å². The molecule has 4 nitrogen and oxygen atoms in total. The fraction of sp³-hybridized carbons (Fsp3) is 0.444. The molecule has 1 saturated heterocycles. The monoisotopic (exact) mass is 295 g/mol. The SMILES string of the molecule is C=CCCC(=O)N1CC(n2c(C3CC3)nc3ccccc32)C1. The number of hydrogen-bond donors (Lipinski definition) is 0. The number of rotatable bonds is 5. The number of aromatic nitrogens is 2. The molecule has 4 rings (SSSR count). The topological polar surface area (TPSA) is 38.1 Å². The smallest absolute Gasteiger partial charge is 0.223 e. The van der Waals surface area contributed by atoms with Gasteiger partial charge in [-0.25, -0.2) is 4.98 Å². The Bertz CT molecular complexity index is 723. The highest BCUT2D eigenvalue weighted by molar-refractivity contribution is 5.78. The summed E-state index contributed by atoms with van der Waals surface area (Å²) in [5.74, 6) is 2.09. The van der Waals surface area contributed by atoms with E-state index in [1.807, 2.05) is 17.0 Å². The van der Waals surface area contributed by atoms with Crippen LogP contribution >= 0.6 is 0 Å². The Kier molecular flexibility index (Phi) is 3.25. The largest absolute Gasteiger partial charge is 0.338 e. The molecule has 1 amide bonds. The zero-order chi connectivity index (χ0) is 15.1. The maximum Gasteiger partial charge on any atom is 0.223 e. The summed E-state index contributed by atoms with van der Waals surface area (Å²) in [5, 5.41) is 0. The van der Waals surface area contributed by atoms with Gasteiger partial charge in [-0.3, -0.25) is 4.79 Å². The van der Waals surface area contributed by atoms with Gasteiger partial charge in [0.05, 0.1) is 17.1 Å². The van der Waals surface area contributed by atoms with Crippen molar-refractivity contribution < 1.29 is 4.79 Å². The lowest BCUT2D eigenvalue weighted by Crippen LogP contribution is -2.50. The van der Waals surface area contributed by atoms with E-state index in [2.05, 4.69) is 29.3 Å². The van der Waals surface area contributed by atoms with Crippen LogP contribution in [0.2, 0.25) is 0 Å². The molecule has 1 aliphatic carbocycles. The van der Waals surface area contributed by atoms with Gasteiger partial charge in [0.1, 0.15) is 5.82 Å². The van der Waals surface area contributed by atoms with Gasteiger partial charge in [-0.05, 0) is 31.4 Å². The molecule has 0 atom stereocenters. The predicted molar refractivity (Wildman–Crippen MR) is 86.8 cm³/mol. The third-order valence-corrected chi connectivity index (χ3v) is 4.71. The van der Waals surface area contributed by atoms with Crippen LogP contribution in [0.25, 0.3) is 11.0 Å². The summed E-state index contributed by atoms with van der Waals surface area (Å²) in [4.78, 5) is 18.8. The van der Waals surface area contributed by atoms with Crippen molar-refractivity contribution in [3.8, 4) is 0 Å². The summed E-state index contributed by atoms with van der Waals surface area (Å²) in [6, 6.07) is 8.74. The van der Waals surface area contributed by atoms with Crippen LogP contribution < -0.4 is 0 Å². The summed E-state index contributed by atoms with van der Waals surface area (Å²) < 4.78 is 2.39. The number of allylic oxidation sites excluding steroid dienone is 1. The molecule has 0 unspecified atom stereocenters. The minimum atomic E-state index is 0.244. The lowest BCUT2D eigenvalue weighted by molar-refractivity contribution is -0.136. The maximum atomic E-state index is 12.0. The number of carbonyl (C=O) groups is 1. The number of likely N-dealkylation sites (tertiary alicyclic amines) is 1. The Labute approximate surface area is 130 Å². The highest BCUT2D eigenvalue weighted by Crippen LogP contribution is 2.42. The fourth-order valence-electron chi connectivity index (χ4n) is 3.28. The number of benzene rings is 1. The molecule has 1 aliphatic heterocycles. The van der Waals surface area contributed by atoms with Crippen molar-refractivity contribution in [2.45, 2.75) is 37.6 Å². The molecule has 1 saturated carbocycles. The van der Waals surface area contributed by atoms with E-state index in [9.17, 15) is 4.79 Å². The van der Waals surface area contributed by atoms with E-state index in [0.29, 0.717) is 18.4 Å². The maximum absolute atomic E-state index is 12.0. The molecule has 22 heavy (non-hydrogen) atoms. The average Bonchev–Trinajstić information content (AvgIpc) is 3.26. The molecule has 2 heterocycles. The van der Waals surface area contributed by atoms with Gasteiger partial charge in [-0.2, -0.15) is 0 Å². The van der Waals surface area contributed by atoms with Gasteiger partial charge in [0.2, 0.25) is 5.91 Å². The van der Waals surface area contributed by atoms with Gasteiger partial charge in [0.15, 0.2) is 0 Å². The Balaban J connectivity index is 1.56. The average molecular weight is 295 g/mol. The molecule has 0 radical (unpaired) electrons. The number of imidazole rings is 1. The third-order valence-electron chi connectivity index (χ3n) is 4.71. The van der Waals surface area contributed by atoms with Crippen LogP contribution in [0.5, 0.6) is 0 Å². The normalized spacial score (nSPS) is 18.5. The first-order valence-corrected chi connectivity index (χ1v) is 8.13. The molecule has 1 aromatic heterocycles. The summed E-state index contributed by atoms with van der Waals surface area (Å²) in [7, 11) is 0. The van der Waals surface area contributed by atoms with Crippen molar-refractivity contribution in [2.24, 2.45) is 0 Å². The zero-order valence-corrected chi connectivity index (χ0v) is 12.7. The van der Waals surface area contributed by atoms with Gasteiger partial charge < -0.3 is 9.47 Å². The van der Waals surface area contributed by atoms with E-state index in [-0.39, 0.29) is 5.91 Å². The van der Waals surface area contributed by atoms with E-state index in [4.69, 9.17) is 4.98 Å².